The zero-order chi connectivity index (χ0) is 14.1. The molecule has 108 valence electrons. The first-order valence-electron chi connectivity index (χ1n) is 7.19. The molecule has 5 heteroatoms. The van der Waals surface area contributed by atoms with Crippen LogP contribution in [-0.2, 0) is 9.59 Å². The first-order chi connectivity index (χ1) is 8.86. The summed E-state index contributed by atoms with van der Waals surface area (Å²) in [4.78, 5) is 23.4. The number of nitrogens with two attached hydrogens (primary N) is 1. The Balaban J connectivity index is 2.06. The van der Waals surface area contributed by atoms with Crippen molar-refractivity contribution < 1.29 is 14.7 Å². The van der Waals surface area contributed by atoms with Gasteiger partial charge < -0.3 is 16.2 Å². The number of nitrogens with one attached hydrogen (secondary N) is 1. The molecule has 2 rings (SSSR count). The molecule has 1 amide bonds. The number of carboxylic acids is 1. The summed E-state index contributed by atoms with van der Waals surface area (Å²) in [5.41, 5.74) is 4.67. The highest BCUT2D eigenvalue weighted by atomic mass is 16.4. The topological polar surface area (TPSA) is 92.4 Å². The van der Waals surface area contributed by atoms with Crippen molar-refractivity contribution in [2.24, 2.45) is 11.7 Å². The summed E-state index contributed by atoms with van der Waals surface area (Å²) in [5, 5.41) is 12.1. The first-order valence-corrected chi connectivity index (χ1v) is 7.19. The smallest absolute Gasteiger partial charge is 0.305 e. The van der Waals surface area contributed by atoms with Crippen LogP contribution in [0.5, 0.6) is 0 Å². The van der Waals surface area contributed by atoms with E-state index in [0.29, 0.717) is 0 Å². The molecule has 0 aromatic rings. The van der Waals surface area contributed by atoms with E-state index in [1.165, 1.54) is 0 Å². The highest BCUT2D eigenvalue weighted by Gasteiger charge is 2.47. The highest BCUT2D eigenvalue weighted by molar-refractivity contribution is 5.87. The van der Waals surface area contributed by atoms with Crippen molar-refractivity contribution in [1.29, 1.82) is 0 Å². The molecule has 5 nitrogen and oxygen atoms in total. The third kappa shape index (κ3) is 3.26. The van der Waals surface area contributed by atoms with Crippen LogP contribution in [0.25, 0.3) is 0 Å². The molecule has 1 unspecified atom stereocenters. The highest BCUT2D eigenvalue weighted by Crippen LogP contribution is 2.39. The molecule has 0 radical (unpaired) electrons. The van der Waals surface area contributed by atoms with Gasteiger partial charge in [0.1, 0.15) is 0 Å². The monoisotopic (exact) mass is 268 g/mol. The van der Waals surface area contributed by atoms with Crippen molar-refractivity contribution in [2.45, 2.75) is 69.4 Å². The molecule has 2 aliphatic rings. The molecular formula is C14H24N2O3. The normalized spacial score (nSPS) is 25.4. The van der Waals surface area contributed by atoms with Gasteiger partial charge in [-0.3, -0.25) is 9.59 Å². The molecule has 0 saturated heterocycles. The molecule has 0 bridgehead atoms. The van der Waals surface area contributed by atoms with Gasteiger partial charge in [0.25, 0.3) is 0 Å². The lowest BCUT2D eigenvalue weighted by Crippen LogP contribution is -2.61. The van der Waals surface area contributed by atoms with Crippen molar-refractivity contribution in [3.05, 3.63) is 0 Å². The van der Waals surface area contributed by atoms with Crippen molar-refractivity contribution in [3.63, 3.8) is 0 Å². The van der Waals surface area contributed by atoms with Gasteiger partial charge in [0, 0.05) is 0 Å². The van der Waals surface area contributed by atoms with Gasteiger partial charge in [0.2, 0.25) is 5.91 Å². The molecule has 0 aliphatic heterocycles. The van der Waals surface area contributed by atoms with Crippen LogP contribution < -0.4 is 11.1 Å². The number of aliphatic carboxylic acids is 1. The summed E-state index contributed by atoms with van der Waals surface area (Å²) in [7, 11) is 0. The number of amides is 1. The standard InChI is InChI=1S/C14H24N2O3/c1-13(15,10-5-6-10)12(19)16-14(9-11(17)18)7-3-2-4-8-14/h10H,2-9,15H2,1H3,(H,16,19)(H,17,18). The van der Waals surface area contributed by atoms with Gasteiger partial charge in [-0.15, -0.1) is 0 Å². The quantitative estimate of drug-likeness (QED) is 0.703. The Morgan fingerprint density at radius 3 is 2.37 bits per heavy atom. The van der Waals surface area contributed by atoms with Gasteiger partial charge in [0.05, 0.1) is 17.5 Å². The number of hydrogen-bond acceptors (Lipinski definition) is 3. The summed E-state index contributed by atoms with van der Waals surface area (Å²) < 4.78 is 0. The molecule has 4 N–H and O–H groups in total. The fraction of sp³-hybridized carbons (Fsp3) is 0.857. The SMILES string of the molecule is CC(N)(C(=O)NC1(CC(=O)O)CCCCC1)C1CC1. The van der Waals surface area contributed by atoms with Crippen molar-refractivity contribution in [1.82, 2.24) is 5.32 Å². The maximum absolute atomic E-state index is 12.4. The van der Waals surface area contributed by atoms with Crippen molar-refractivity contribution >= 4 is 11.9 Å². The van der Waals surface area contributed by atoms with Crippen LogP contribution in [0.15, 0.2) is 0 Å². The van der Waals surface area contributed by atoms with Gasteiger partial charge in [-0.05, 0) is 38.5 Å². The van der Waals surface area contributed by atoms with E-state index < -0.39 is 17.0 Å². The van der Waals surface area contributed by atoms with E-state index in [4.69, 9.17) is 10.8 Å². The molecule has 2 fully saturated rings. The first kappa shape index (κ1) is 14.3. The van der Waals surface area contributed by atoms with E-state index in [-0.39, 0.29) is 18.2 Å². The summed E-state index contributed by atoms with van der Waals surface area (Å²) in [6.07, 6.45) is 6.52. The number of carbonyl (C=O) groups excluding carboxylic acids is 1. The lowest BCUT2D eigenvalue weighted by Gasteiger charge is -2.39. The van der Waals surface area contributed by atoms with Crippen LogP contribution in [0.1, 0.15) is 58.3 Å². The number of hydrogen-bond donors (Lipinski definition) is 3. The minimum absolute atomic E-state index is 0.000509. The molecule has 2 aliphatic carbocycles. The van der Waals surface area contributed by atoms with E-state index in [1.54, 1.807) is 6.92 Å². The number of rotatable bonds is 5. The fourth-order valence-electron chi connectivity index (χ4n) is 3.11. The van der Waals surface area contributed by atoms with Crippen molar-refractivity contribution in [3.8, 4) is 0 Å². The van der Waals surface area contributed by atoms with Crippen LogP contribution in [0.2, 0.25) is 0 Å². The van der Waals surface area contributed by atoms with Crippen LogP contribution in [0, 0.1) is 5.92 Å². The van der Waals surface area contributed by atoms with E-state index in [9.17, 15) is 9.59 Å². The number of carbonyl (C=O) groups is 2. The average Bonchev–Trinajstić information content (AvgIpc) is 3.12. The van der Waals surface area contributed by atoms with E-state index >= 15 is 0 Å². The fourth-order valence-corrected chi connectivity index (χ4v) is 3.11. The Bertz CT molecular complexity index is 369. The Kier molecular flexibility index (Phi) is 3.85. The van der Waals surface area contributed by atoms with Crippen LogP contribution in [0.3, 0.4) is 0 Å². The maximum atomic E-state index is 12.4. The second-order valence-electron chi connectivity index (χ2n) is 6.42. The van der Waals surface area contributed by atoms with Gasteiger partial charge in [-0.25, -0.2) is 0 Å². The zero-order valence-electron chi connectivity index (χ0n) is 11.6. The molecule has 0 heterocycles. The molecule has 0 aromatic carbocycles. The Labute approximate surface area is 113 Å². The zero-order valence-corrected chi connectivity index (χ0v) is 11.6. The van der Waals surface area contributed by atoms with Gasteiger partial charge in [-0.1, -0.05) is 19.3 Å². The Morgan fingerprint density at radius 2 is 1.89 bits per heavy atom. The third-order valence-corrected chi connectivity index (χ3v) is 4.59. The predicted octanol–water partition coefficient (Wildman–Crippen LogP) is 1.41. The minimum atomic E-state index is -0.858. The lowest BCUT2D eigenvalue weighted by atomic mass is 9.78. The minimum Gasteiger partial charge on any atom is -0.481 e. The van der Waals surface area contributed by atoms with Crippen LogP contribution in [0.4, 0.5) is 0 Å². The molecule has 0 spiro atoms. The van der Waals surface area contributed by atoms with Gasteiger partial charge in [0.15, 0.2) is 0 Å². The molecular weight excluding hydrogens is 244 g/mol. The van der Waals surface area contributed by atoms with Gasteiger partial charge in [-0.2, -0.15) is 0 Å². The van der Waals surface area contributed by atoms with Crippen molar-refractivity contribution in [2.75, 3.05) is 0 Å². The summed E-state index contributed by atoms with van der Waals surface area (Å²) in [6.45, 7) is 1.76. The number of carboxylic acid groups (broad SMARTS) is 1. The summed E-state index contributed by atoms with van der Waals surface area (Å²) >= 11 is 0. The van der Waals surface area contributed by atoms with E-state index in [2.05, 4.69) is 5.32 Å². The maximum Gasteiger partial charge on any atom is 0.305 e. The Morgan fingerprint density at radius 1 is 1.32 bits per heavy atom. The molecule has 2 saturated carbocycles. The molecule has 0 aromatic heterocycles. The lowest BCUT2D eigenvalue weighted by molar-refractivity contribution is -0.140. The summed E-state index contributed by atoms with van der Waals surface area (Å²) in [6, 6.07) is 0. The Hall–Kier alpha value is -1.10. The third-order valence-electron chi connectivity index (χ3n) is 4.59. The van der Waals surface area contributed by atoms with Crippen LogP contribution in [-0.4, -0.2) is 28.1 Å². The second kappa shape index (κ2) is 5.12. The molecule has 19 heavy (non-hydrogen) atoms. The van der Waals surface area contributed by atoms with E-state index in [0.717, 1.165) is 44.9 Å². The van der Waals surface area contributed by atoms with E-state index in [1.807, 2.05) is 0 Å². The summed E-state index contributed by atoms with van der Waals surface area (Å²) in [5.74, 6) is -0.788. The molecule has 1 atom stereocenters. The van der Waals surface area contributed by atoms with Gasteiger partial charge >= 0.3 is 5.97 Å². The van der Waals surface area contributed by atoms with Crippen LogP contribution >= 0.6 is 0 Å². The largest absolute Gasteiger partial charge is 0.481 e. The average molecular weight is 268 g/mol. The predicted molar refractivity (Wildman–Crippen MR) is 71.5 cm³/mol. The second-order valence-corrected chi connectivity index (χ2v) is 6.42.